The second-order valence-electron chi connectivity index (χ2n) is 10.9. The van der Waals surface area contributed by atoms with E-state index in [1.807, 2.05) is 11.9 Å². The van der Waals surface area contributed by atoms with Crippen molar-refractivity contribution in [3.63, 3.8) is 0 Å². The Morgan fingerprint density at radius 3 is 2.16 bits per heavy atom. The highest BCUT2D eigenvalue weighted by Gasteiger charge is 2.36. The molecule has 3 aliphatic rings. The first kappa shape index (κ1) is 28.3. The van der Waals surface area contributed by atoms with E-state index in [9.17, 15) is 13.2 Å². The van der Waals surface area contributed by atoms with Gasteiger partial charge < -0.3 is 19.3 Å². The van der Waals surface area contributed by atoms with E-state index in [0.29, 0.717) is 22.9 Å². The molecule has 0 N–H and O–H groups in total. The van der Waals surface area contributed by atoms with Gasteiger partial charge in [0.1, 0.15) is 12.4 Å². The molecule has 1 amide bonds. The van der Waals surface area contributed by atoms with Crippen LogP contribution in [0.15, 0.2) is 17.0 Å². The smallest absolute Gasteiger partial charge is 0.248 e. The minimum atomic E-state index is -3.68. The number of amides is 1. The lowest BCUT2D eigenvalue weighted by Gasteiger charge is -2.37. The molecule has 4 rings (SSSR count). The van der Waals surface area contributed by atoms with E-state index in [-0.39, 0.29) is 36.6 Å². The Kier molecular flexibility index (Phi) is 9.17. The van der Waals surface area contributed by atoms with Gasteiger partial charge in [0.2, 0.25) is 15.9 Å². The molecule has 1 saturated carbocycles. The average Bonchev–Trinajstić information content (AvgIpc) is 3.61. The van der Waals surface area contributed by atoms with Crippen molar-refractivity contribution >= 4 is 15.9 Å². The maximum atomic E-state index is 13.1. The quantitative estimate of drug-likeness (QED) is 0.401. The van der Waals surface area contributed by atoms with Crippen LogP contribution in [0.5, 0.6) is 5.75 Å². The van der Waals surface area contributed by atoms with E-state index in [1.165, 1.54) is 50.1 Å². The SMILES string of the molecule is COc1cc(C)c(S(=O)(=O)N(C)CCOCC(=O)N(C)C2CCN(C3CCN(C4CC4)CC3)C2)c(C)c1. The van der Waals surface area contributed by atoms with Crippen molar-refractivity contribution in [2.75, 3.05) is 67.1 Å². The van der Waals surface area contributed by atoms with Crippen LogP contribution in [0.1, 0.15) is 43.2 Å². The minimum Gasteiger partial charge on any atom is -0.497 e. The number of methoxy groups -OCH3 is 1. The third kappa shape index (κ3) is 6.65. The molecule has 0 aromatic heterocycles. The predicted molar refractivity (Wildman–Crippen MR) is 143 cm³/mol. The second-order valence-corrected chi connectivity index (χ2v) is 12.9. The lowest BCUT2D eigenvalue weighted by molar-refractivity contribution is -0.136. The van der Waals surface area contributed by atoms with Crippen molar-refractivity contribution in [3.8, 4) is 5.75 Å². The summed E-state index contributed by atoms with van der Waals surface area (Å²) >= 11 is 0. The summed E-state index contributed by atoms with van der Waals surface area (Å²) in [6.45, 7) is 8.21. The van der Waals surface area contributed by atoms with Crippen molar-refractivity contribution in [2.24, 2.45) is 0 Å². The monoisotopic (exact) mass is 536 g/mol. The van der Waals surface area contributed by atoms with Gasteiger partial charge in [0.15, 0.2) is 0 Å². The van der Waals surface area contributed by atoms with Gasteiger partial charge in [0.25, 0.3) is 0 Å². The number of nitrogens with zero attached hydrogens (tertiary/aromatic N) is 4. The maximum Gasteiger partial charge on any atom is 0.248 e. The molecule has 1 aliphatic carbocycles. The summed E-state index contributed by atoms with van der Waals surface area (Å²) in [5.41, 5.74) is 1.28. The van der Waals surface area contributed by atoms with Crippen LogP contribution in [0.3, 0.4) is 0 Å². The van der Waals surface area contributed by atoms with Crippen LogP contribution in [0.25, 0.3) is 0 Å². The first-order valence-corrected chi connectivity index (χ1v) is 15.0. The summed E-state index contributed by atoms with van der Waals surface area (Å²) in [6.07, 6.45) is 6.21. The lowest BCUT2D eigenvalue weighted by Crippen LogP contribution is -2.46. The molecule has 10 heteroatoms. The van der Waals surface area contributed by atoms with E-state index in [1.54, 1.807) is 33.1 Å². The van der Waals surface area contributed by atoms with E-state index < -0.39 is 10.0 Å². The van der Waals surface area contributed by atoms with Crippen LogP contribution in [0.2, 0.25) is 0 Å². The van der Waals surface area contributed by atoms with Crippen molar-refractivity contribution in [2.45, 2.75) is 69.0 Å². The van der Waals surface area contributed by atoms with E-state index >= 15 is 0 Å². The molecule has 2 aliphatic heterocycles. The Morgan fingerprint density at radius 1 is 0.973 bits per heavy atom. The summed E-state index contributed by atoms with van der Waals surface area (Å²) < 4.78 is 38.4. The molecule has 2 heterocycles. The number of sulfonamides is 1. The average molecular weight is 537 g/mol. The van der Waals surface area contributed by atoms with Gasteiger partial charge in [-0.05, 0) is 82.3 Å². The number of ether oxygens (including phenoxy) is 2. The Hall–Kier alpha value is -1.72. The highest BCUT2D eigenvalue weighted by atomic mass is 32.2. The summed E-state index contributed by atoms with van der Waals surface area (Å²) in [7, 11) is 1.28. The second kappa shape index (κ2) is 12.0. The lowest BCUT2D eigenvalue weighted by atomic mass is 10.0. The first-order valence-electron chi connectivity index (χ1n) is 13.5. The molecular weight excluding hydrogens is 492 g/mol. The molecule has 0 radical (unpaired) electrons. The number of likely N-dealkylation sites (N-methyl/N-ethyl adjacent to an activating group) is 2. The number of hydrogen-bond donors (Lipinski definition) is 0. The van der Waals surface area contributed by atoms with Crippen molar-refractivity contribution in [1.29, 1.82) is 0 Å². The van der Waals surface area contributed by atoms with Gasteiger partial charge >= 0.3 is 0 Å². The van der Waals surface area contributed by atoms with Crippen molar-refractivity contribution in [3.05, 3.63) is 23.3 Å². The zero-order chi connectivity index (χ0) is 26.7. The Morgan fingerprint density at radius 2 is 1.57 bits per heavy atom. The van der Waals surface area contributed by atoms with Gasteiger partial charge in [-0.3, -0.25) is 9.69 Å². The zero-order valence-electron chi connectivity index (χ0n) is 23.1. The Bertz CT molecular complexity index is 1030. The third-order valence-electron chi connectivity index (χ3n) is 8.33. The normalized spacial score (nSPS) is 22.1. The molecule has 1 unspecified atom stereocenters. The number of rotatable bonds is 11. The zero-order valence-corrected chi connectivity index (χ0v) is 23.9. The number of hydrogen-bond acceptors (Lipinski definition) is 7. The maximum absolute atomic E-state index is 13.1. The number of piperidine rings is 1. The molecule has 1 aromatic rings. The molecule has 37 heavy (non-hydrogen) atoms. The number of carbonyl (C=O) groups is 1. The van der Waals surface area contributed by atoms with Gasteiger partial charge in [0.05, 0.1) is 18.6 Å². The van der Waals surface area contributed by atoms with Crippen LogP contribution in [-0.2, 0) is 19.6 Å². The molecule has 0 bridgehead atoms. The van der Waals surface area contributed by atoms with Crippen LogP contribution in [0, 0.1) is 13.8 Å². The summed E-state index contributed by atoms with van der Waals surface area (Å²) in [5.74, 6) is 0.578. The van der Waals surface area contributed by atoms with E-state index in [4.69, 9.17) is 9.47 Å². The number of likely N-dealkylation sites (tertiary alicyclic amines) is 2. The molecule has 1 aromatic carbocycles. The molecular formula is C27H44N4O5S. The standard InChI is InChI=1S/C27H44N4O5S/c1-20-16-25(35-5)17-21(2)27(20)37(33,34)28(3)14-15-36-19-26(32)29(4)24-10-13-31(18-24)23-8-11-30(12-9-23)22-6-7-22/h16-17,22-24H,6-15,18-19H2,1-5H3. The van der Waals surface area contributed by atoms with Gasteiger partial charge in [-0.2, -0.15) is 4.31 Å². The van der Waals surface area contributed by atoms with Crippen LogP contribution in [-0.4, -0.2) is 119 Å². The fraction of sp³-hybridized carbons (Fsp3) is 0.741. The molecule has 208 valence electrons. The summed E-state index contributed by atoms with van der Waals surface area (Å²) in [6, 6.07) is 5.14. The number of carbonyl (C=O) groups excluding carboxylic acids is 1. The highest BCUT2D eigenvalue weighted by molar-refractivity contribution is 7.89. The van der Waals surface area contributed by atoms with Crippen molar-refractivity contribution in [1.82, 2.24) is 19.0 Å². The Balaban J connectivity index is 1.19. The van der Waals surface area contributed by atoms with Crippen molar-refractivity contribution < 1.29 is 22.7 Å². The molecule has 9 nitrogen and oxygen atoms in total. The van der Waals surface area contributed by atoms with Gasteiger partial charge in [0, 0.05) is 51.9 Å². The molecule has 1 atom stereocenters. The summed E-state index contributed by atoms with van der Waals surface area (Å²) in [5, 5.41) is 0. The largest absolute Gasteiger partial charge is 0.497 e. The molecule has 3 fully saturated rings. The van der Waals surface area contributed by atoms with Crippen LogP contribution in [0.4, 0.5) is 0 Å². The van der Waals surface area contributed by atoms with Gasteiger partial charge in [-0.1, -0.05) is 0 Å². The van der Waals surface area contributed by atoms with Crippen LogP contribution >= 0.6 is 0 Å². The predicted octanol–water partition coefficient (Wildman–Crippen LogP) is 2.11. The Labute approximate surface area is 222 Å². The van der Waals surface area contributed by atoms with Crippen LogP contribution < -0.4 is 4.74 Å². The fourth-order valence-corrected chi connectivity index (χ4v) is 7.40. The number of aryl methyl sites for hydroxylation is 2. The topological polar surface area (TPSA) is 82.6 Å². The fourth-order valence-electron chi connectivity index (χ4n) is 5.84. The highest BCUT2D eigenvalue weighted by Crippen LogP contribution is 2.31. The summed E-state index contributed by atoms with van der Waals surface area (Å²) in [4.78, 5) is 20.1. The minimum absolute atomic E-state index is 0.0404. The van der Waals surface area contributed by atoms with E-state index in [0.717, 1.165) is 25.6 Å². The molecule has 0 spiro atoms. The van der Waals surface area contributed by atoms with E-state index in [2.05, 4.69) is 9.80 Å². The first-order chi connectivity index (χ1) is 17.6. The molecule has 2 saturated heterocycles. The van der Waals surface area contributed by atoms with Gasteiger partial charge in [-0.15, -0.1) is 0 Å². The third-order valence-corrected chi connectivity index (χ3v) is 10.5. The number of benzene rings is 1. The van der Waals surface area contributed by atoms with Gasteiger partial charge in [-0.25, -0.2) is 8.42 Å².